The Kier molecular flexibility index (Phi) is 4.02. The molecule has 1 aromatic rings. The number of hydrogen-bond acceptors (Lipinski definition) is 5. The van der Waals surface area contributed by atoms with Gasteiger partial charge < -0.3 is 10.2 Å². The van der Waals surface area contributed by atoms with E-state index >= 15 is 0 Å². The van der Waals surface area contributed by atoms with E-state index in [0.717, 1.165) is 0 Å². The fraction of sp³-hybridized carbons (Fsp3) is 0.667. The molecule has 1 aromatic heterocycles. The summed E-state index contributed by atoms with van der Waals surface area (Å²) in [7, 11) is 0. The molecule has 3 N–H and O–H groups in total. The van der Waals surface area contributed by atoms with Crippen LogP contribution < -0.4 is 17.1 Å². The quantitative estimate of drug-likeness (QED) is 0.540. The minimum Gasteiger partial charge on any atom is -0.392 e. The average molecular weight is 245 g/mol. The highest BCUT2D eigenvalue weighted by atomic mass is 16.3. The van der Waals surface area contributed by atoms with Gasteiger partial charge in [0.2, 0.25) is 0 Å². The van der Waals surface area contributed by atoms with Gasteiger partial charge in [0.05, 0.1) is 25.3 Å². The van der Waals surface area contributed by atoms with Crippen LogP contribution in [-0.2, 0) is 13.1 Å². The molecule has 0 radical (unpaired) electrons. The first kappa shape index (κ1) is 13.4. The molecule has 2 atom stereocenters. The van der Waals surface area contributed by atoms with Crippen LogP contribution in [0.5, 0.6) is 0 Å². The van der Waals surface area contributed by atoms with Gasteiger partial charge in [-0.1, -0.05) is 0 Å². The van der Waals surface area contributed by atoms with Gasteiger partial charge >= 0.3 is 17.1 Å². The van der Waals surface area contributed by atoms with Gasteiger partial charge in [0.25, 0.3) is 0 Å². The van der Waals surface area contributed by atoms with Gasteiger partial charge in [-0.25, -0.2) is 23.5 Å². The zero-order valence-electron chi connectivity index (χ0n) is 9.58. The van der Waals surface area contributed by atoms with Gasteiger partial charge in [-0.15, -0.1) is 0 Å². The summed E-state index contributed by atoms with van der Waals surface area (Å²) in [4.78, 5) is 36.4. The van der Waals surface area contributed by atoms with Crippen molar-refractivity contribution in [3.63, 3.8) is 0 Å². The van der Waals surface area contributed by atoms with Gasteiger partial charge in [-0.3, -0.25) is 4.98 Å². The standard InChI is InChI=1S/C9H15N3O5/c1-5(13)3-11-7(15)10-8(16)12(9(11)17)4-6(2)14/h5-6,13-14H,3-4H2,1-2H3,(H,10,15,16). The molecule has 0 saturated carbocycles. The monoisotopic (exact) mass is 245 g/mol. The van der Waals surface area contributed by atoms with Crippen molar-refractivity contribution in [3.8, 4) is 0 Å². The maximum atomic E-state index is 11.8. The number of hydrogen-bond donors (Lipinski definition) is 3. The molecule has 1 rings (SSSR count). The minimum absolute atomic E-state index is 0.214. The van der Waals surface area contributed by atoms with Crippen LogP contribution in [0.1, 0.15) is 13.8 Å². The molecule has 0 aliphatic carbocycles. The summed E-state index contributed by atoms with van der Waals surface area (Å²) in [5, 5.41) is 18.3. The molecule has 0 aromatic carbocycles. The lowest BCUT2D eigenvalue weighted by Gasteiger charge is -2.11. The van der Waals surface area contributed by atoms with Crippen LogP contribution in [0.3, 0.4) is 0 Å². The second-order valence-electron chi connectivity index (χ2n) is 3.94. The zero-order chi connectivity index (χ0) is 13.2. The summed E-state index contributed by atoms with van der Waals surface area (Å²) < 4.78 is 1.43. The predicted molar refractivity (Wildman–Crippen MR) is 58.9 cm³/mol. The second kappa shape index (κ2) is 5.11. The number of H-pyrrole nitrogens is 1. The van der Waals surface area contributed by atoms with E-state index in [4.69, 9.17) is 10.2 Å². The van der Waals surface area contributed by atoms with Crippen LogP contribution in [-0.4, -0.2) is 36.5 Å². The first-order valence-corrected chi connectivity index (χ1v) is 5.13. The minimum atomic E-state index is -0.897. The van der Waals surface area contributed by atoms with Crippen molar-refractivity contribution in [2.24, 2.45) is 0 Å². The van der Waals surface area contributed by atoms with E-state index in [-0.39, 0.29) is 13.1 Å². The van der Waals surface area contributed by atoms with E-state index in [1.54, 1.807) is 0 Å². The highest BCUT2D eigenvalue weighted by molar-refractivity contribution is 4.76. The van der Waals surface area contributed by atoms with Crippen LogP contribution in [0.25, 0.3) is 0 Å². The molecule has 2 unspecified atom stereocenters. The third-order valence-electron chi connectivity index (χ3n) is 2.06. The zero-order valence-corrected chi connectivity index (χ0v) is 9.58. The Hall–Kier alpha value is -1.67. The van der Waals surface area contributed by atoms with E-state index in [0.29, 0.717) is 9.13 Å². The van der Waals surface area contributed by atoms with Gasteiger partial charge in [0.15, 0.2) is 0 Å². The number of nitrogens with zero attached hydrogens (tertiary/aromatic N) is 2. The van der Waals surface area contributed by atoms with Crippen molar-refractivity contribution in [1.82, 2.24) is 14.1 Å². The summed E-state index contributed by atoms with van der Waals surface area (Å²) >= 11 is 0. The molecule has 0 amide bonds. The fourth-order valence-electron chi connectivity index (χ4n) is 1.40. The molecule has 0 spiro atoms. The molecule has 0 aliphatic heterocycles. The lowest BCUT2D eigenvalue weighted by Crippen LogP contribution is -2.51. The molecule has 0 saturated heterocycles. The number of aromatic amines is 1. The summed E-state index contributed by atoms with van der Waals surface area (Å²) in [6.45, 7) is 2.40. The van der Waals surface area contributed by atoms with E-state index in [9.17, 15) is 14.4 Å². The highest BCUT2D eigenvalue weighted by Crippen LogP contribution is 1.84. The van der Waals surface area contributed by atoms with E-state index in [2.05, 4.69) is 0 Å². The largest absolute Gasteiger partial charge is 0.392 e. The van der Waals surface area contributed by atoms with Crippen molar-refractivity contribution < 1.29 is 10.2 Å². The van der Waals surface area contributed by atoms with Gasteiger partial charge in [-0.05, 0) is 13.8 Å². The first-order chi connectivity index (χ1) is 7.82. The molecule has 1 heterocycles. The second-order valence-corrected chi connectivity index (χ2v) is 3.94. The Morgan fingerprint density at radius 1 is 1.00 bits per heavy atom. The Balaban J connectivity index is 3.38. The third-order valence-corrected chi connectivity index (χ3v) is 2.06. The molecule has 96 valence electrons. The topological polar surface area (TPSA) is 117 Å². The summed E-state index contributed by atoms with van der Waals surface area (Å²) in [5.74, 6) is 0. The molecule has 17 heavy (non-hydrogen) atoms. The molecular weight excluding hydrogens is 230 g/mol. The highest BCUT2D eigenvalue weighted by Gasteiger charge is 2.12. The van der Waals surface area contributed by atoms with E-state index in [1.807, 2.05) is 4.98 Å². The van der Waals surface area contributed by atoms with Crippen LogP contribution in [0, 0.1) is 0 Å². The van der Waals surface area contributed by atoms with Crippen molar-refractivity contribution in [2.75, 3.05) is 0 Å². The van der Waals surface area contributed by atoms with E-state index in [1.165, 1.54) is 13.8 Å². The summed E-state index contributed by atoms with van der Waals surface area (Å²) in [6.07, 6.45) is -1.79. The lowest BCUT2D eigenvalue weighted by atomic mass is 10.4. The van der Waals surface area contributed by atoms with Crippen molar-refractivity contribution in [2.45, 2.75) is 39.1 Å². The number of rotatable bonds is 4. The van der Waals surface area contributed by atoms with Gasteiger partial charge in [-0.2, -0.15) is 0 Å². The SMILES string of the molecule is CC(O)Cn1c(=O)[nH]c(=O)n(CC(C)O)c1=O. The number of aliphatic hydroxyl groups is 2. The van der Waals surface area contributed by atoms with Gasteiger partial charge in [0, 0.05) is 0 Å². The normalized spacial score (nSPS) is 14.6. The third kappa shape index (κ3) is 3.14. The first-order valence-electron chi connectivity index (χ1n) is 5.13. The molecule has 0 fully saturated rings. The van der Waals surface area contributed by atoms with E-state index < -0.39 is 29.3 Å². The van der Waals surface area contributed by atoms with Crippen molar-refractivity contribution in [1.29, 1.82) is 0 Å². The Bertz CT molecular complexity index is 506. The fourth-order valence-corrected chi connectivity index (χ4v) is 1.40. The maximum absolute atomic E-state index is 11.8. The summed E-state index contributed by atoms with van der Waals surface area (Å²) in [6, 6.07) is 0. The van der Waals surface area contributed by atoms with Crippen LogP contribution >= 0.6 is 0 Å². The predicted octanol–water partition coefficient (Wildman–Crippen LogP) is -2.54. The Labute approximate surface area is 95.8 Å². The molecular formula is C9H15N3O5. The molecule has 0 aliphatic rings. The maximum Gasteiger partial charge on any atom is 0.336 e. The Morgan fingerprint density at radius 3 is 1.65 bits per heavy atom. The van der Waals surface area contributed by atoms with Crippen LogP contribution in [0.2, 0.25) is 0 Å². The summed E-state index contributed by atoms with van der Waals surface area (Å²) in [5.41, 5.74) is -2.59. The lowest BCUT2D eigenvalue weighted by molar-refractivity contribution is 0.158. The Morgan fingerprint density at radius 2 is 1.35 bits per heavy atom. The van der Waals surface area contributed by atoms with Crippen LogP contribution in [0.4, 0.5) is 0 Å². The number of aliphatic hydroxyl groups excluding tert-OH is 2. The van der Waals surface area contributed by atoms with Crippen molar-refractivity contribution >= 4 is 0 Å². The molecule has 8 heteroatoms. The molecule has 0 bridgehead atoms. The molecule has 8 nitrogen and oxygen atoms in total. The number of aromatic nitrogens is 3. The average Bonchev–Trinajstić information content (AvgIpc) is 2.18. The smallest absolute Gasteiger partial charge is 0.336 e. The van der Waals surface area contributed by atoms with Gasteiger partial charge in [0.1, 0.15) is 0 Å². The van der Waals surface area contributed by atoms with Crippen molar-refractivity contribution in [3.05, 3.63) is 31.5 Å². The number of nitrogens with one attached hydrogen (secondary N) is 1. The van der Waals surface area contributed by atoms with Crippen LogP contribution in [0.15, 0.2) is 14.4 Å².